The van der Waals surface area contributed by atoms with Gasteiger partial charge in [0.05, 0.1) is 22.2 Å². The standard InChI is InChI=1S/C53H35N3/c1-53(2)44-29-28-34(31-43(44)47-35-18-7-6-15-32(35)27-30-45(47)53)36-24-14-25-42-48-39-21-10-8-19-37(39)38-20-9-11-22-40(38)51(48)56(50(36)42)52-54-46-26-13-12-23-41(46)49(55-52)33-16-4-3-5-17-33/h3-31H,1-2H3. The lowest BCUT2D eigenvalue weighted by Crippen LogP contribution is -2.14. The molecule has 3 heteroatoms. The zero-order valence-electron chi connectivity index (χ0n) is 31.1. The van der Waals surface area contributed by atoms with Gasteiger partial charge >= 0.3 is 0 Å². The topological polar surface area (TPSA) is 30.7 Å². The monoisotopic (exact) mass is 713 g/mol. The summed E-state index contributed by atoms with van der Waals surface area (Å²) >= 11 is 0. The highest BCUT2D eigenvalue weighted by molar-refractivity contribution is 6.33. The van der Waals surface area contributed by atoms with Crippen LogP contribution in [0.3, 0.4) is 0 Å². The highest BCUT2D eigenvalue weighted by atomic mass is 15.2. The van der Waals surface area contributed by atoms with Gasteiger partial charge in [0.25, 0.3) is 0 Å². The van der Waals surface area contributed by atoms with Gasteiger partial charge in [0, 0.05) is 38.1 Å². The van der Waals surface area contributed by atoms with Gasteiger partial charge in [0.2, 0.25) is 5.95 Å². The van der Waals surface area contributed by atoms with Crippen molar-refractivity contribution in [2.75, 3.05) is 0 Å². The molecular weight excluding hydrogens is 679 g/mol. The van der Waals surface area contributed by atoms with E-state index in [9.17, 15) is 0 Å². The number of hydrogen-bond acceptors (Lipinski definition) is 2. The minimum atomic E-state index is -0.112. The van der Waals surface area contributed by atoms with Gasteiger partial charge in [-0.15, -0.1) is 0 Å². The Morgan fingerprint density at radius 3 is 1.89 bits per heavy atom. The molecule has 12 rings (SSSR count). The van der Waals surface area contributed by atoms with Crippen LogP contribution in [0, 0.1) is 0 Å². The maximum Gasteiger partial charge on any atom is 0.235 e. The quantitative estimate of drug-likeness (QED) is 0.171. The summed E-state index contributed by atoms with van der Waals surface area (Å²) < 4.78 is 2.37. The SMILES string of the molecule is CC1(C)c2ccc(-c3cccc4c5c6ccccc6c6ccccc6c5n(-c5nc(-c6ccccc6)c6ccccc6n5)c34)cc2-c2c1ccc1ccccc21. The Balaban J connectivity index is 1.25. The second-order valence-corrected chi connectivity index (χ2v) is 15.7. The molecule has 2 heterocycles. The molecule has 0 bridgehead atoms. The largest absolute Gasteiger partial charge is 0.277 e. The van der Waals surface area contributed by atoms with Crippen molar-refractivity contribution in [3.63, 3.8) is 0 Å². The van der Waals surface area contributed by atoms with E-state index in [4.69, 9.17) is 9.97 Å². The van der Waals surface area contributed by atoms with Crippen LogP contribution in [0.5, 0.6) is 0 Å². The molecule has 0 amide bonds. The van der Waals surface area contributed by atoms with Crippen LogP contribution in [0.2, 0.25) is 0 Å². The van der Waals surface area contributed by atoms with Crippen LogP contribution in [0.25, 0.3) is 104 Å². The van der Waals surface area contributed by atoms with Crippen LogP contribution in [0.4, 0.5) is 0 Å². The molecule has 0 radical (unpaired) electrons. The summed E-state index contributed by atoms with van der Waals surface area (Å²) in [7, 11) is 0. The van der Waals surface area contributed by atoms with Gasteiger partial charge < -0.3 is 0 Å². The first kappa shape index (κ1) is 31.3. The van der Waals surface area contributed by atoms with Crippen molar-refractivity contribution in [1.82, 2.24) is 14.5 Å². The Bertz CT molecular complexity index is 3440. The van der Waals surface area contributed by atoms with Gasteiger partial charge in [-0.2, -0.15) is 0 Å². The van der Waals surface area contributed by atoms with Crippen LogP contribution in [-0.2, 0) is 5.41 Å². The van der Waals surface area contributed by atoms with Gasteiger partial charge in [-0.1, -0.05) is 178 Å². The van der Waals surface area contributed by atoms with Crippen molar-refractivity contribution in [2.45, 2.75) is 19.3 Å². The molecular formula is C53H35N3. The fourth-order valence-corrected chi connectivity index (χ4v) is 9.83. The molecule has 0 unspecified atom stereocenters. The molecule has 262 valence electrons. The maximum atomic E-state index is 5.53. The van der Waals surface area contributed by atoms with Crippen molar-refractivity contribution in [1.29, 1.82) is 0 Å². The third-order valence-corrected chi connectivity index (χ3v) is 12.4. The maximum absolute atomic E-state index is 5.53. The summed E-state index contributed by atoms with van der Waals surface area (Å²) in [5.74, 6) is 0.661. The number of benzene rings is 9. The van der Waals surface area contributed by atoms with Crippen LogP contribution in [0.15, 0.2) is 176 Å². The van der Waals surface area contributed by atoms with Crippen molar-refractivity contribution in [3.05, 3.63) is 187 Å². The van der Waals surface area contributed by atoms with E-state index in [0.717, 1.165) is 38.8 Å². The Kier molecular flexibility index (Phi) is 6.40. The average Bonchev–Trinajstić information content (AvgIpc) is 3.73. The molecule has 0 fully saturated rings. The van der Waals surface area contributed by atoms with Crippen LogP contribution in [0.1, 0.15) is 25.0 Å². The molecule has 0 saturated carbocycles. The molecule has 0 N–H and O–H groups in total. The lowest BCUT2D eigenvalue weighted by molar-refractivity contribution is 0.661. The van der Waals surface area contributed by atoms with E-state index in [1.807, 2.05) is 0 Å². The third-order valence-electron chi connectivity index (χ3n) is 12.4. The molecule has 2 aromatic heterocycles. The normalized spacial score (nSPS) is 13.3. The molecule has 0 aliphatic heterocycles. The Morgan fingerprint density at radius 1 is 0.429 bits per heavy atom. The fourth-order valence-electron chi connectivity index (χ4n) is 9.83. The van der Waals surface area contributed by atoms with E-state index < -0.39 is 0 Å². The molecule has 0 atom stereocenters. The summed E-state index contributed by atoms with van der Waals surface area (Å²) in [4.78, 5) is 10.9. The summed E-state index contributed by atoms with van der Waals surface area (Å²) in [6.07, 6.45) is 0. The Hall–Kier alpha value is -7.10. The lowest BCUT2D eigenvalue weighted by Gasteiger charge is -2.21. The van der Waals surface area contributed by atoms with Crippen LogP contribution < -0.4 is 0 Å². The molecule has 56 heavy (non-hydrogen) atoms. The van der Waals surface area contributed by atoms with Crippen LogP contribution >= 0.6 is 0 Å². The first-order valence-corrected chi connectivity index (χ1v) is 19.4. The second kappa shape index (κ2) is 11.5. The number of rotatable bonds is 3. The Morgan fingerprint density at radius 2 is 1.07 bits per heavy atom. The first-order chi connectivity index (χ1) is 27.6. The van der Waals surface area contributed by atoms with E-state index in [0.29, 0.717) is 5.95 Å². The van der Waals surface area contributed by atoms with E-state index in [2.05, 4.69) is 194 Å². The minimum Gasteiger partial charge on any atom is -0.277 e. The highest BCUT2D eigenvalue weighted by Gasteiger charge is 2.37. The van der Waals surface area contributed by atoms with Crippen molar-refractivity contribution >= 4 is 65.0 Å². The second-order valence-electron chi connectivity index (χ2n) is 15.7. The zero-order valence-corrected chi connectivity index (χ0v) is 31.1. The molecule has 9 aromatic carbocycles. The van der Waals surface area contributed by atoms with Gasteiger partial charge in [-0.05, 0) is 66.9 Å². The van der Waals surface area contributed by atoms with E-state index in [-0.39, 0.29) is 5.41 Å². The number of para-hydroxylation sites is 2. The minimum absolute atomic E-state index is 0.112. The molecule has 3 nitrogen and oxygen atoms in total. The molecule has 1 aliphatic rings. The molecule has 1 aliphatic carbocycles. The number of aromatic nitrogens is 3. The van der Waals surface area contributed by atoms with Gasteiger partial charge in [0.15, 0.2) is 0 Å². The van der Waals surface area contributed by atoms with Crippen molar-refractivity contribution in [2.24, 2.45) is 0 Å². The van der Waals surface area contributed by atoms with Crippen molar-refractivity contribution < 1.29 is 0 Å². The molecule has 0 saturated heterocycles. The van der Waals surface area contributed by atoms with Gasteiger partial charge in [0.1, 0.15) is 0 Å². The summed E-state index contributed by atoms with van der Waals surface area (Å²) in [6, 6.07) is 63.9. The smallest absolute Gasteiger partial charge is 0.235 e. The molecule has 0 spiro atoms. The van der Waals surface area contributed by atoms with Gasteiger partial charge in [-0.25, -0.2) is 9.97 Å². The Labute approximate surface area is 324 Å². The number of fused-ring (bicyclic) bond motifs is 14. The zero-order chi connectivity index (χ0) is 37.1. The first-order valence-electron chi connectivity index (χ1n) is 19.4. The van der Waals surface area contributed by atoms with E-state index in [1.54, 1.807) is 0 Å². The lowest BCUT2D eigenvalue weighted by atomic mass is 9.82. The fraction of sp³-hybridized carbons (Fsp3) is 0.0566. The van der Waals surface area contributed by atoms with E-state index in [1.165, 1.54) is 70.9 Å². The molecule has 11 aromatic rings. The average molecular weight is 714 g/mol. The predicted molar refractivity (Wildman–Crippen MR) is 235 cm³/mol. The van der Waals surface area contributed by atoms with Crippen LogP contribution in [-0.4, -0.2) is 14.5 Å². The third kappa shape index (κ3) is 4.23. The highest BCUT2D eigenvalue weighted by Crippen LogP contribution is 2.53. The van der Waals surface area contributed by atoms with E-state index >= 15 is 0 Å². The summed E-state index contributed by atoms with van der Waals surface area (Å²) in [5, 5.41) is 10.9. The number of nitrogens with zero attached hydrogens (tertiary/aromatic N) is 3. The number of hydrogen-bond donors (Lipinski definition) is 0. The summed E-state index contributed by atoms with van der Waals surface area (Å²) in [5.41, 5.74) is 12.7. The van der Waals surface area contributed by atoms with Crippen molar-refractivity contribution in [3.8, 4) is 39.5 Å². The van der Waals surface area contributed by atoms with Gasteiger partial charge in [-0.3, -0.25) is 4.57 Å². The summed E-state index contributed by atoms with van der Waals surface area (Å²) in [6.45, 7) is 4.73. The predicted octanol–water partition coefficient (Wildman–Crippen LogP) is 13.8.